The number of aromatic nitrogens is 2. The summed E-state index contributed by atoms with van der Waals surface area (Å²) in [6, 6.07) is 27.6. The number of nitriles is 1. The molecule has 1 aromatic heterocycles. The first-order chi connectivity index (χ1) is 13.2. The number of hydrogen-bond donors (Lipinski definition) is 0. The van der Waals surface area contributed by atoms with Crippen LogP contribution in [0.3, 0.4) is 0 Å². The number of benzene rings is 3. The van der Waals surface area contributed by atoms with Crippen molar-refractivity contribution < 1.29 is 4.39 Å². The average Bonchev–Trinajstić information content (AvgIpc) is 2.74. The highest BCUT2D eigenvalue weighted by Gasteiger charge is 2.13. The molecule has 27 heavy (non-hydrogen) atoms. The molecular formula is C23H14FN3. The van der Waals surface area contributed by atoms with Gasteiger partial charge in [0, 0.05) is 16.7 Å². The van der Waals surface area contributed by atoms with E-state index in [4.69, 9.17) is 0 Å². The van der Waals surface area contributed by atoms with Crippen molar-refractivity contribution in [3.8, 4) is 40.0 Å². The van der Waals surface area contributed by atoms with Gasteiger partial charge in [-0.1, -0.05) is 60.7 Å². The van der Waals surface area contributed by atoms with Gasteiger partial charge in [-0.05, 0) is 24.3 Å². The molecule has 0 saturated heterocycles. The van der Waals surface area contributed by atoms with E-state index < -0.39 is 5.82 Å². The Kier molecular flexibility index (Phi) is 4.42. The fourth-order valence-corrected chi connectivity index (χ4v) is 2.89. The Morgan fingerprint density at radius 2 is 1.26 bits per heavy atom. The summed E-state index contributed by atoms with van der Waals surface area (Å²) < 4.78 is 13.5. The van der Waals surface area contributed by atoms with E-state index in [0.29, 0.717) is 11.4 Å². The van der Waals surface area contributed by atoms with E-state index in [9.17, 15) is 9.65 Å². The molecular weight excluding hydrogens is 337 g/mol. The van der Waals surface area contributed by atoms with E-state index in [2.05, 4.69) is 9.97 Å². The predicted octanol–water partition coefficient (Wildman–Crippen LogP) is 5.49. The minimum absolute atomic E-state index is 0.208. The SMILES string of the molecule is N#Cc1cc(F)ccc1-c1nc(-c2ccccc2)cc(-c2ccccc2)n1. The van der Waals surface area contributed by atoms with Crippen molar-refractivity contribution in [2.75, 3.05) is 0 Å². The van der Waals surface area contributed by atoms with Crippen LogP contribution in [-0.4, -0.2) is 9.97 Å². The summed E-state index contributed by atoms with van der Waals surface area (Å²) in [5.74, 6) is -0.0652. The Morgan fingerprint density at radius 1 is 0.704 bits per heavy atom. The van der Waals surface area contributed by atoms with Crippen LogP contribution in [0.25, 0.3) is 33.9 Å². The third-order valence-corrected chi connectivity index (χ3v) is 4.21. The molecule has 0 N–H and O–H groups in total. The average molecular weight is 351 g/mol. The fourth-order valence-electron chi connectivity index (χ4n) is 2.89. The van der Waals surface area contributed by atoms with E-state index in [-0.39, 0.29) is 5.56 Å². The second kappa shape index (κ2) is 7.19. The zero-order valence-electron chi connectivity index (χ0n) is 14.3. The van der Waals surface area contributed by atoms with Crippen LogP contribution in [0, 0.1) is 17.1 Å². The Hall–Kier alpha value is -3.84. The smallest absolute Gasteiger partial charge is 0.161 e. The van der Waals surface area contributed by atoms with Gasteiger partial charge in [-0.15, -0.1) is 0 Å². The highest BCUT2D eigenvalue weighted by Crippen LogP contribution is 2.28. The minimum Gasteiger partial charge on any atom is -0.228 e. The van der Waals surface area contributed by atoms with Gasteiger partial charge in [0.2, 0.25) is 0 Å². The molecule has 1 heterocycles. The van der Waals surface area contributed by atoms with Crippen LogP contribution >= 0.6 is 0 Å². The molecule has 0 amide bonds. The first kappa shape index (κ1) is 16.6. The van der Waals surface area contributed by atoms with Gasteiger partial charge in [0.15, 0.2) is 5.82 Å². The second-order valence-corrected chi connectivity index (χ2v) is 6.00. The molecule has 4 rings (SSSR count). The first-order valence-corrected chi connectivity index (χ1v) is 8.44. The summed E-state index contributed by atoms with van der Waals surface area (Å²) in [7, 11) is 0. The Bertz CT molecular complexity index is 1080. The molecule has 0 saturated carbocycles. The molecule has 4 aromatic rings. The van der Waals surface area contributed by atoms with E-state index in [0.717, 1.165) is 22.5 Å². The summed E-state index contributed by atoms with van der Waals surface area (Å²) in [5.41, 5.74) is 4.09. The van der Waals surface area contributed by atoms with Crippen molar-refractivity contribution >= 4 is 0 Å². The maximum absolute atomic E-state index is 13.5. The highest BCUT2D eigenvalue weighted by atomic mass is 19.1. The molecule has 3 aromatic carbocycles. The maximum atomic E-state index is 13.5. The molecule has 0 aliphatic carbocycles. The Balaban J connectivity index is 1.96. The standard InChI is InChI=1S/C23H14FN3/c24-19-11-12-20(18(13-19)15-25)23-26-21(16-7-3-1-4-8-16)14-22(27-23)17-9-5-2-6-10-17/h1-14H. The van der Waals surface area contributed by atoms with E-state index >= 15 is 0 Å². The van der Waals surface area contributed by atoms with Crippen LogP contribution in [0.1, 0.15) is 5.56 Å². The van der Waals surface area contributed by atoms with Crippen LogP contribution in [0.2, 0.25) is 0 Å². The molecule has 0 radical (unpaired) electrons. The van der Waals surface area contributed by atoms with Crippen LogP contribution < -0.4 is 0 Å². The lowest BCUT2D eigenvalue weighted by atomic mass is 10.0. The molecule has 0 unspecified atom stereocenters. The number of hydrogen-bond acceptors (Lipinski definition) is 3. The monoisotopic (exact) mass is 351 g/mol. The van der Waals surface area contributed by atoms with Crippen molar-refractivity contribution in [2.45, 2.75) is 0 Å². The van der Waals surface area contributed by atoms with Crippen LogP contribution in [-0.2, 0) is 0 Å². The third-order valence-electron chi connectivity index (χ3n) is 4.21. The van der Waals surface area contributed by atoms with Crippen molar-refractivity contribution in [1.29, 1.82) is 5.26 Å². The fraction of sp³-hybridized carbons (Fsp3) is 0. The normalized spacial score (nSPS) is 10.4. The Morgan fingerprint density at radius 3 is 1.78 bits per heavy atom. The summed E-state index contributed by atoms with van der Waals surface area (Å²) in [6.45, 7) is 0. The lowest BCUT2D eigenvalue weighted by molar-refractivity contribution is 0.627. The van der Waals surface area contributed by atoms with Gasteiger partial charge in [-0.25, -0.2) is 14.4 Å². The number of rotatable bonds is 3. The van der Waals surface area contributed by atoms with Gasteiger partial charge >= 0.3 is 0 Å². The molecule has 0 atom stereocenters. The predicted molar refractivity (Wildman–Crippen MR) is 103 cm³/mol. The van der Waals surface area contributed by atoms with Crippen LogP contribution in [0.5, 0.6) is 0 Å². The lowest BCUT2D eigenvalue weighted by Crippen LogP contribution is -1.98. The molecule has 3 nitrogen and oxygen atoms in total. The molecule has 128 valence electrons. The summed E-state index contributed by atoms with van der Waals surface area (Å²) >= 11 is 0. The van der Waals surface area contributed by atoms with Crippen LogP contribution in [0.15, 0.2) is 84.9 Å². The van der Waals surface area contributed by atoms with Gasteiger partial charge in [0.1, 0.15) is 5.82 Å². The Labute approximate surface area is 156 Å². The van der Waals surface area contributed by atoms with Crippen molar-refractivity contribution in [2.24, 2.45) is 0 Å². The molecule has 0 bridgehead atoms. The third kappa shape index (κ3) is 3.44. The van der Waals surface area contributed by atoms with Gasteiger partial charge < -0.3 is 0 Å². The summed E-state index contributed by atoms with van der Waals surface area (Å²) in [5, 5.41) is 9.40. The topological polar surface area (TPSA) is 49.6 Å². The van der Waals surface area contributed by atoms with Crippen molar-refractivity contribution in [3.05, 3.63) is 96.3 Å². The van der Waals surface area contributed by atoms with E-state index in [1.54, 1.807) is 6.07 Å². The highest BCUT2D eigenvalue weighted by molar-refractivity contribution is 5.73. The lowest BCUT2D eigenvalue weighted by Gasteiger charge is -2.10. The van der Waals surface area contributed by atoms with Gasteiger partial charge in [0.05, 0.1) is 23.0 Å². The first-order valence-electron chi connectivity index (χ1n) is 8.44. The molecule has 0 aliphatic rings. The maximum Gasteiger partial charge on any atom is 0.161 e. The van der Waals surface area contributed by atoms with Gasteiger partial charge in [0.25, 0.3) is 0 Å². The second-order valence-electron chi connectivity index (χ2n) is 6.00. The number of nitrogens with zero attached hydrogens (tertiary/aromatic N) is 3. The zero-order chi connectivity index (χ0) is 18.6. The molecule has 0 fully saturated rings. The summed E-state index contributed by atoms with van der Waals surface area (Å²) in [4.78, 5) is 9.31. The van der Waals surface area contributed by atoms with Crippen molar-refractivity contribution in [3.63, 3.8) is 0 Å². The minimum atomic E-state index is -0.460. The largest absolute Gasteiger partial charge is 0.228 e. The molecule has 0 aliphatic heterocycles. The molecule has 0 spiro atoms. The van der Waals surface area contributed by atoms with Crippen LogP contribution in [0.4, 0.5) is 4.39 Å². The zero-order valence-corrected chi connectivity index (χ0v) is 14.3. The van der Waals surface area contributed by atoms with Crippen molar-refractivity contribution in [1.82, 2.24) is 9.97 Å². The van der Waals surface area contributed by atoms with E-state index in [1.165, 1.54) is 12.1 Å². The molecule has 4 heteroatoms. The quantitative estimate of drug-likeness (QED) is 0.490. The van der Waals surface area contributed by atoms with E-state index in [1.807, 2.05) is 72.8 Å². The van der Waals surface area contributed by atoms with Gasteiger partial charge in [-0.2, -0.15) is 5.26 Å². The summed E-state index contributed by atoms with van der Waals surface area (Å²) in [6.07, 6.45) is 0. The van der Waals surface area contributed by atoms with Gasteiger partial charge in [-0.3, -0.25) is 0 Å². The number of halogens is 1.